The van der Waals surface area contributed by atoms with E-state index >= 15 is 0 Å². The Morgan fingerprint density at radius 2 is 1.68 bits per heavy atom. The van der Waals surface area contributed by atoms with E-state index in [0.29, 0.717) is 27.7 Å². The molecule has 0 saturated carbocycles. The lowest BCUT2D eigenvalue weighted by atomic mass is 10.1. The smallest absolute Gasteiger partial charge is 0.246 e. The van der Waals surface area contributed by atoms with Crippen molar-refractivity contribution < 1.29 is 19.1 Å². The number of anilines is 2. The highest BCUT2D eigenvalue weighted by molar-refractivity contribution is 6.38. The predicted molar refractivity (Wildman–Crippen MR) is 176 cm³/mol. The molecule has 1 N–H and O–H groups in total. The van der Waals surface area contributed by atoms with Crippen molar-refractivity contribution in [1.29, 1.82) is 0 Å². The molecule has 1 aromatic heterocycles. The average molecular weight is 635 g/mol. The first-order valence-electron chi connectivity index (χ1n) is 13.7. The molecule has 0 unspecified atom stereocenters. The number of carbonyl (C=O) groups is 3. The van der Waals surface area contributed by atoms with Gasteiger partial charge < -0.3 is 15.0 Å². The molecule has 44 heavy (non-hydrogen) atoms. The van der Waals surface area contributed by atoms with Gasteiger partial charge in [-0.3, -0.25) is 14.4 Å². The molecule has 9 nitrogen and oxygen atoms in total. The lowest BCUT2D eigenvalue weighted by Gasteiger charge is -2.27. The second kappa shape index (κ2) is 14.4. The van der Waals surface area contributed by atoms with Gasteiger partial charge in [-0.2, -0.15) is 0 Å². The summed E-state index contributed by atoms with van der Waals surface area (Å²) in [4.78, 5) is 43.2. The highest BCUT2D eigenvalue weighted by atomic mass is 35.5. The summed E-state index contributed by atoms with van der Waals surface area (Å²) in [5, 5.41) is 7.41. The standard InChI is InChI=1S/C33H33Cl2N5O4/c1-21-9-13-24-7-6-8-29(33(24)37-21)44-20-26-27(34)16-17-28(32(26)35)39(5)31(43)19-36-30(42)18-12-23-10-14-25(15-11-23)40(22(2)41)38(3)4/h6-18H,19-20H2,1-5H3,(H,36,42). The molecule has 4 aromatic rings. The van der Waals surface area contributed by atoms with Crippen LogP contribution in [0.5, 0.6) is 5.75 Å². The number of ether oxygens (including phenoxy) is 1. The van der Waals surface area contributed by atoms with E-state index in [-0.39, 0.29) is 30.0 Å². The van der Waals surface area contributed by atoms with Gasteiger partial charge in [0.05, 0.1) is 22.9 Å². The summed E-state index contributed by atoms with van der Waals surface area (Å²) in [6, 6.07) is 20.0. The number of pyridine rings is 1. The van der Waals surface area contributed by atoms with Crippen molar-refractivity contribution >= 4 is 69.3 Å². The Morgan fingerprint density at radius 1 is 0.955 bits per heavy atom. The van der Waals surface area contributed by atoms with E-state index < -0.39 is 5.91 Å². The molecule has 0 aliphatic carbocycles. The fraction of sp³-hybridized carbons (Fsp3) is 0.212. The van der Waals surface area contributed by atoms with Crippen molar-refractivity contribution in [2.45, 2.75) is 20.5 Å². The van der Waals surface area contributed by atoms with E-state index in [2.05, 4.69) is 10.3 Å². The van der Waals surface area contributed by atoms with Crippen LogP contribution in [0.4, 0.5) is 11.4 Å². The summed E-state index contributed by atoms with van der Waals surface area (Å²) in [5.41, 5.74) is 4.00. The van der Waals surface area contributed by atoms with Crippen LogP contribution in [0.1, 0.15) is 23.7 Å². The summed E-state index contributed by atoms with van der Waals surface area (Å²) in [6.07, 6.45) is 2.96. The number of nitrogens with one attached hydrogen (secondary N) is 1. The molecule has 11 heteroatoms. The van der Waals surface area contributed by atoms with Gasteiger partial charge >= 0.3 is 0 Å². The maximum absolute atomic E-state index is 13.0. The number of hydrogen-bond donors (Lipinski definition) is 1. The number of aryl methyl sites for hydroxylation is 1. The number of likely N-dealkylation sites (N-methyl/N-ethyl adjacent to an activating group) is 1. The number of carbonyl (C=O) groups excluding carboxylic acids is 3. The van der Waals surface area contributed by atoms with Gasteiger partial charge in [-0.25, -0.2) is 15.0 Å². The molecule has 0 aliphatic heterocycles. The number of halogens is 2. The van der Waals surface area contributed by atoms with Gasteiger partial charge in [-0.15, -0.1) is 0 Å². The highest BCUT2D eigenvalue weighted by Crippen LogP contribution is 2.35. The molecule has 3 aromatic carbocycles. The zero-order valence-corrected chi connectivity index (χ0v) is 26.6. The number of rotatable bonds is 10. The van der Waals surface area contributed by atoms with Crippen molar-refractivity contribution in [1.82, 2.24) is 15.3 Å². The molecule has 0 bridgehead atoms. The zero-order chi connectivity index (χ0) is 32.0. The molecular formula is C33H33Cl2N5O4. The predicted octanol–water partition coefficient (Wildman–Crippen LogP) is 6.05. The lowest BCUT2D eigenvalue weighted by molar-refractivity contribution is -0.122. The van der Waals surface area contributed by atoms with Crippen LogP contribution in [0.25, 0.3) is 17.0 Å². The average Bonchev–Trinajstić information content (AvgIpc) is 2.99. The number of nitrogens with zero attached hydrogens (tertiary/aromatic N) is 4. The summed E-state index contributed by atoms with van der Waals surface area (Å²) in [6.45, 7) is 3.21. The summed E-state index contributed by atoms with van der Waals surface area (Å²) < 4.78 is 6.08. The Bertz CT molecular complexity index is 1720. The number of benzene rings is 3. The molecule has 4 rings (SSSR count). The minimum atomic E-state index is -0.440. The number of fused-ring (bicyclic) bond motifs is 1. The van der Waals surface area contributed by atoms with Crippen molar-refractivity contribution in [2.24, 2.45) is 0 Å². The minimum absolute atomic E-state index is 0.0622. The van der Waals surface area contributed by atoms with Gasteiger partial charge in [0.1, 0.15) is 17.9 Å². The van der Waals surface area contributed by atoms with Crippen LogP contribution in [-0.4, -0.2) is 55.4 Å². The monoisotopic (exact) mass is 633 g/mol. The third-order valence-electron chi connectivity index (χ3n) is 6.77. The fourth-order valence-electron chi connectivity index (χ4n) is 4.53. The van der Waals surface area contributed by atoms with Crippen molar-refractivity contribution in [2.75, 3.05) is 37.6 Å². The molecule has 228 valence electrons. The second-order valence-electron chi connectivity index (χ2n) is 10.2. The molecule has 0 saturated heterocycles. The van der Waals surface area contributed by atoms with Crippen molar-refractivity contribution in [3.8, 4) is 5.75 Å². The van der Waals surface area contributed by atoms with E-state index in [4.69, 9.17) is 27.9 Å². The molecular weight excluding hydrogens is 601 g/mol. The molecule has 0 spiro atoms. The fourth-order valence-corrected chi connectivity index (χ4v) is 5.13. The van der Waals surface area contributed by atoms with E-state index in [9.17, 15) is 14.4 Å². The van der Waals surface area contributed by atoms with Crippen LogP contribution in [0.3, 0.4) is 0 Å². The topological polar surface area (TPSA) is 95.1 Å². The SMILES string of the molecule is CC(=O)N(c1ccc(C=CC(=O)NCC(=O)N(C)c2ccc(Cl)c(COc3cccc4ccc(C)nc34)c2Cl)cc1)N(C)C. The Labute approximate surface area is 266 Å². The van der Waals surface area contributed by atoms with Crippen LogP contribution in [0.2, 0.25) is 10.0 Å². The first-order chi connectivity index (χ1) is 21.0. The molecule has 0 atom stereocenters. The number of hydrazine groups is 1. The Morgan fingerprint density at radius 3 is 2.36 bits per heavy atom. The van der Waals surface area contributed by atoms with Crippen molar-refractivity contribution in [3.63, 3.8) is 0 Å². The van der Waals surface area contributed by atoms with Gasteiger partial charge in [0.25, 0.3) is 0 Å². The molecule has 3 amide bonds. The van der Waals surface area contributed by atoms with Crippen molar-refractivity contribution in [3.05, 3.63) is 99.7 Å². The van der Waals surface area contributed by atoms with E-state index in [1.807, 2.05) is 37.3 Å². The van der Waals surface area contributed by atoms with Crippen LogP contribution in [0.15, 0.2) is 72.8 Å². The summed E-state index contributed by atoms with van der Waals surface area (Å²) in [7, 11) is 5.12. The molecule has 0 radical (unpaired) electrons. The number of hydrogen-bond acceptors (Lipinski definition) is 6. The second-order valence-corrected chi connectivity index (χ2v) is 11.0. The van der Waals surface area contributed by atoms with Crippen LogP contribution in [0, 0.1) is 6.92 Å². The maximum atomic E-state index is 13.0. The largest absolute Gasteiger partial charge is 0.487 e. The first-order valence-corrected chi connectivity index (χ1v) is 14.5. The number of para-hydroxylation sites is 1. The van der Waals surface area contributed by atoms with Crippen LogP contribution in [-0.2, 0) is 21.0 Å². The third kappa shape index (κ3) is 7.74. The Hall–Kier alpha value is -4.44. The molecule has 0 fully saturated rings. The maximum Gasteiger partial charge on any atom is 0.246 e. The van der Waals surface area contributed by atoms with Gasteiger partial charge in [-0.1, -0.05) is 53.5 Å². The number of aromatic nitrogens is 1. The van der Waals surface area contributed by atoms with E-state index in [0.717, 1.165) is 22.2 Å². The van der Waals surface area contributed by atoms with Gasteiger partial charge in [0, 0.05) is 55.8 Å². The Balaban J connectivity index is 1.37. The Kier molecular flexibility index (Phi) is 10.6. The van der Waals surface area contributed by atoms with Crippen LogP contribution < -0.4 is 20.0 Å². The van der Waals surface area contributed by atoms with Gasteiger partial charge in [0.2, 0.25) is 17.7 Å². The van der Waals surface area contributed by atoms with Crippen LogP contribution >= 0.6 is 23.2 Å². The lowest BCUT2D eigenvalue weighted by Crippen LogP contribution is -2.40. The summed E-state index contributed by atoms with van der Waals surface area (Å²) >= 11 is 13.2. The highest BCUT2D eigenvalue weighted by Gasteiger charge is 2.19. The quantitative estimate of drug-likeness (QED) is 0.169. The first kappa shape index (κ1) is 32.5. The van der Waals surface area contributed by atoms with Gasteiger partial charge in [0.15, 0.2) is 0 Å². The zero-order valence-electron chi connectivity index (χ0n) is 25.1. The van der Waals surface area contributed by atoms with E-state index in [1.54, 1.807) is 68.6 Å². The normalized spacial score (nSPS) is 11.2. The molecule has 1 heterocycles. The third-order valence-corrected chi connectivity index (χ3v) is 7.55. The van der Waals surface area contributed by atoms with E-state index in [1.165, 1.54) is 22.9 Å². The minimum Gasteiger partial charge on any atom is -0.487 e. The number of amides is 3. The van der Waals surface area contributed by atoms with Gasteiger partial charge in [-0.05, 0) is 55.0 Å². The molecule has 0 aliphatic rings. The summed E-state index contributed by atoms with van der Waals surface area (Å²) in [5.74, 6) is -0.351.